The molecule has 1 saturated carbocycles. The summed E-state index contributed by atoms with van der Waals surface area (Å²) >= 11 is 0. The van der Waals surface area contributed by atoms with E-state index in [9.17, 15) is 5.11 Å². The van der Waals surface area contributed by atoms with E-state index in [-0.39, 0.29) is 0 Å². The van der Waals surface area contributed by atoms with Crippen LogP contribution in [-0.2, 0) is 5.60 Å². The van der Waals surface area contributed by atoms with Gasteiger partial charge in [0.25, 0.3) is 0 Å². The Kier molecular flexibility index (Phi) is 3.08. The molecule has 15 heavy (non-hydrogen) atoms. The molecule has 0 heterocycles. The van der Waals surface area contributed by atoms with Gasteiger partial charge in [-0.3, -0.25) is 0 Å². The topological polar surface area (TPSA) is 46.2 Å². The highest BCUT2D eigenvalue weighted by molar-refractivity contribution is 5.22. The van der Waals surface area contributed by atoms with Crippen LogP contribution in [0.15, 0.2) is 30.3 Å². The van der Waals surface area contributed by atoms with Crippen LogP contribution in [0.2, 0.25) is 0 Å². The largest absolute Gasteiger partial charge is 0.385 e. The molecule has 2 heteroatoms. The molecule has 0 bridgehead atoms. The van der Waals surface area contributed by atoms with Crippen molar-refractivity contribution in [1.82, 2.24) is 0 Å². The van der Waals surface area contributed by atoms with E-state index in [0.717, 1.165) is 37.8 Å². The van der Waals surface area contributed by atoms with Gasteiger partial charge in [0.15, 0.2) is 0 Å². The Labute approximate surface area is 91.1 Å². The molecule has 0 saturated heterocycles. The lowest BCUT2D eigenvalue weighted by molar-refractivity contribution is -0.0130. The van der Waals surface area contributed by atoms with Crippen molar-refractivity contribution in [2.45, 2.75) is 31.3 Å². The van der Waals surface area contributed by atoms with Crippen LogP contribution in [0, 0.1) is 5.92 Å². The van der Waals surface area contributed by atoms with Gasteiger partial charge in [0.2, 0.25) is 0 Å². The highest BCUT2D eigenvalue weighted by Crippen LogP contribution is 2.38. The summed E-state index contributed by atoms with van der Waals surface area (Å²) in [7, 11) is 0. The average Bonchev–Trinajstić information content (AvgIpc) is 2.31. The van der Waals surface area contributed by atoms with Gasteiger partial charge in [0.05, 0.1) is 5.60 Å². The van der Waals surface area contributed by atoms with E-state index in [1.54, 1.807) is 0 Å². The molecule has 0 aliphatic heterocycles. The van der Waals surface area contributed by atoms with E-state index in [1.165, 1.54) is 0 Å². The minimum atomic E-state index is -0.604. The van der Waals surface area contributed by atoms with Gasteiger partial charge in [-0.1, -0.05) is 30.3 Å². The molecule has 0 amide bonds. The molecule has 0 unspecified atom stereocenters. The molecule has 0 atom stereocenters. The zero-order valence-corrected chi connectivity index (χ0v) is 9.02. The first-order valence-corrected chi connectivity index (χ1v) is 5.72. The van der Waals surface area contributed by atoms with E-state index < -0.39 is 5.60 Å². The van der Waals surface area contributed by atoms with Crippen molar-refractivity contribution < 1.29 is 5.11 Å². The quantitative estimate of drug-likeness (QED) is 0.776. The van der Waals surface area contributed by atoms with Crippen molar-refractivity contribution in [1.29, 1.82) is 0 Å². The summed E-state index contributed by atoms with van der Waals surface area (Å²) in [5.41, 5.74) is 6.10. The SMILES string of the molecule is NCC1CCC(O)(c2ccccc2)CC1. The third-order valence-electron chi connectivity index (χ3n) is 3.58. The number of rotatable bonds is 2. The Hall–Kier alpha value is -0.860. The smallest absolute Gasteiger partial charge is 0.0896 e. The van der Waals surface area contributed by atoms with Gasteiger partial charge in [0.1, 0.15) is 0 Å². The molecule has 1 aromatic rings. The highest BCUT2D eigenvalue weighted by atomic mass is 16.3. The zero-order valence-electron chi connectivity index (χ0n) is 9.02. The molecule has 2 nitrogen and oxygen atoms in total. The lowest BCUT2D eigenvalue weighted by Gasteiger charge is -2.36. The summed E-state index contributed by atoms with van der Waals surface area (Å²) in [5, 5.41) is 10.5. The monoisotopic (exact) mass is 205 g/mol. The molecule has 3 N–H and O–H groups in total. The molecule has 1 fully saturated rings. The summed E-state index contributed by atoms with van der Waals surface area (Å²) in [6.45, 7) is 0.755. The first kappa shape index (κ1) is 10.7. The molecule has 82 valence electrons. The fourth-order valence-electron chi connectivity index (χ4n) is 2.43. The van der Waals surface area contributed by atoms with Crippen molar-refractivity contribution in [2.75, 3.05) is 6.54 Å². The normalized spacial score (nSPS) is 31.5. The van der Waals surface area contributed by atoms with Gasteiger partial charge in [0, 0.05) is 0 Å². The Bertz CT molecular complexity index is 302. The molecule has 1 aliphatic carbocycles. The number of hydrogen-bond donors (Lipinski definition) is 2. The lowest BCUT2D eigenvalue weighted by atomic mass is 9.75. The summed E-state index contributed by atoms with van der Waals surface area (Å²) in [6, 6.07) is 9.99. The number of nitrogens with two attached hydrogens (primary N) is 1. The number of aliphatic hydroxyl groups is 1. The van der Waals surface area contributed by atoms with Gasteiger partial charge in [-0.15, -0.1) is 0 Å². The maximum atomic E-state index is 10.5. The van der Waals surface area contributed by atoms with Crippen LogP contribution in [0.5, 0.6) is 0 Å². The van der Waals surface area contributed by atoms with E-state index in [1.807, 2.05) is 30.3 Å². The van der Waals surface area contributed by atoms with Crippen LogP contribution in [0.25, 0.3) is 0 Å². The molecular formula is C13H19NO. The Balaban J connectivity index is 2.10. The summed E-state index contributed by atoms with van der Waals surface area (Å²) < 4.78 is 0. The van der Waals surface area contributed by atoms with E-state index in [0.29, 0.717) is 5.92 Å². The van der Waals surface area contributed by atoms with Crippen molar-refractivity contribution in [3.63, 3.8) is 0 Å². The highest BCUT2D eigenvalue weighted by Gasteiger charge is 2.33. The molecule has 0 aromatic heterocycles. The molecule has 1 aliphatic rings. The van der Waals surface area contributed by atoms with Crippen molar-refractivity contribution in [3.05, 3.63) is 35.9 Å². The molecule has 2 rings (SSSR count). The predicted octanol–water partition coefficient (Wildman–Crippen LogP) is 2.02. The average molecular weight is 205 g/mol. The Morgan fingerprint density at radius 3 is 2.33 bits per heavy atom. The lowest BCUT2D eigenvalue weighted by Crippen LogP contribution is -2.33. The minimum Gasteiger partial charge on any atom is -0.385 e. The van der Waals surface area contributed by atoms with Crippen molar-refractivity contribution in [2.24, 2.45) is 11.7 Å². The summed E-state index contributed by atoms with van der Waals surface area (Å²) in [5.74, 6) is 0.606. The standard InChI is InChI=1S/C13H19NO/c14-10-11-6-8-13(15,9-7-11)12-4-2-1-3-5-12/h1-5,11,15H,6-10,14H2. The van der Waals surface area contributed by atoms with Gasteiger partial charge in [-0.2, -0.15) is 0 Å². The second-order valence-electron chi connectivity index (χ2n) is 4.58. The number of benzene rings is 1. The van der Waals surface area contributed by atoms with Crippen LogP contribution in [0.1, 0.15) is 31.2 Å². The van der Waals surface area contributed by atoms with Crippen LogP contribution >= 0.6 is 0 Å². The maximum Gasteiger partial charge on any atom is 0.0896 e. The zero-order chi connectivity index (χ0) is 10.7. The second kappa shape index (κ2) is 4.33. The second-order valence-corrected chi connectivity index (χ2v) is 4.58. The van der Waals surface area contributed by atoms with Gasteiger partial charge in [-0.25, -0.2) is 0 Å². The van der Waals surface area contributed by atoms with Crippen LogP contribution < -0.4 is 5.73 Å². The van der Waals surface area contributed by atoms with Gasteiger partial charge in [-0.05, 0) is 43.7 Å². The van der Waals surface area contributed by atoms with Gasteiger partial charge >= 0.3 is 0 Å². The minimum absolute atomic E-state index is 0.604. The number of hydrogen-bond acceptors (Lipinski definition) is 2. The summed E-state index contributed by atoms with van der Waals surface area (Å²) in [6.07, 6.45) is 3.78. The maximum absolute atomic E-state index is 10.5. The van der Waals surface area contributed by atoms with E-state index >= 15 is 0 Å². The van der Waals surface area contributed by atoms with Crippen molar-refractivity contribution in [3.8, 4) is 0 Å². The molecule has 0 radical (unpaired) electrons. The van der Waals surface area contributed by atoms with Crippen LogP contribution in [-0.4, -0.2) is 11.7 Å². The Morgan fingerprint density at radius 1 is 1.20 bits per heavy atom. The van der Waals surface area contributed by atoms with Gasteiger partial charge < -0.3 is 10.8 Å². The predicted molar refractivity (Wildman–Crippen MR) is 61.4 cm³/mol. The van der Waals surface area contributed by atoms with Crippen molar-refractivity contribution >= 4 is 0 Å². The fraction of sp³-hybridized carbons (Fsp3) is 0.538. The molecule has 0 spiro atoms. The first-order valence-electron chi connectivity index (χ1n) is 5.72. The fourth-order valence-corrected chi connectivity index (χ4v) is 2.43. The van der Waals surface area contributed by atoms with Crippen LogP contribution in [0.4, 0.5) is 0 Å². The van der Waals surface area contributed by atoms with E-state index in [4.69, 9.17) is 5.73 Å². The Morgan fingerprint density at radius 2 is 1.80 bits per heavy atom. The third-order valence-corrected chi connectivity index (χ3v) is 3.58. The third kappa shape index (κ3) is 2.21. The molecule has 1 aromatic carbocycles. The molecular weight excluding hydrogens is 186 g/mol. The van der Waals surface area contributed by atoms with E-state index in [2.05, 4.69) is 0 Å². The van der Waals surface area contributed by atoms with Crippen LogP contribution in [0.3, 0.4) is 0 Å². The first-order chi connectivity index (χ1) is 7.24. The summed E-state index contributed by atoms with van der Waals surface area (Å²) in [4.78, 5) is 0.